The number of hydrogen-bond acceptors (Lipinski definition) is 4. The zero-order valence-corrected chi connectivity index (χ0v) is 13.4. The molecule has 0 bridgehead atoms. The number of rotatable bonds is 2. The monoisotopic (exact) mass is 345 g/mol. The Morgan fingerprint density at radius 2 is 1.96 bits per heavy atom. The van der Waals surface area contributed by atoms with Crippen molar-refractivity contribution in [3.8, 4) is 0 Å². The third kappa shape index (κ3) is 2.99. The van der Waals surface area contributed by atoms with Crippen molar-refractivity contribution in [2.75, 3.05) is 11.4 Å². The quantitative estimate of drug-likeness (QED) is 0.836. The Morgan fingerprint density at radius 1 is 1.22 bits per heavy atom. The lowest BCUT2D eigenvalue weighted by atomic mass is 10.2. The first-order chi connectivity index (χ1) is 10.8. The lowest BCUT2D eigenvalue weighted by Crippen LogP contribution is -2.35. The van der Waals surface area contributed by atoms with Gasteiger partial charge in [0.2, 0.25) is 0 Å². The van der Waals surface area contributed by atoms with Gasteiger partial charge in [-0.15, -0.1) is 10.2 Å². The van der Waals surface area contributed by atoms with Gasteiger partial charge in [0.25, 0.3) is 0 Å². The van der Waals surface area contributed by atoms with Gasteiger partial charge in [-0.3, -0.25) is 0 Å². The van der Waals surface area contributed by atoms with Crippen LogP contribution in [0.4, 0.5) is 19.0 Å². The van der Waals surface area contributed by atoms with Crippen LogP contribution in [-0.4, -0.2) is 26.3 Å². The van der Waals surface area contributed by atoms with E-state index in [9.17, 15) is 13.2 Å². The highest BCUT2D eigenvalue weighted by Crippen LogP contribution is 2.34. The van der Waals surface area contributed by atoms with Crippen molar-refractivity contribution in [2.45, 2.75) is 39.0 Å². The normalized spacial score (nSPS) is 15.2. The van der Waals surface area contributed by atoms with Crippen molar-refractivity contribution in [2.24, 2.45) is 0 Å². The fraction of sp³-hybridized carbons (Fsp3) is 0.500. The third-order valence-electron chi connectivity index (χ3n) is 3.75. The van der Waals surface area contributed by atoms with Crippen LogP contribution in [0.1, 0.15) is 37.0 Å². The van der Waals surface area contributed by atoms with Crippen LogP contribution in [0, 0.1) is 0 Å². The highest BCUT2D eigenvalue weighted by atomic mass is 35.5. The van der Waals surface area contributed by atoms with Gasteiger partial charge in [0.15, 0.2) is 5.82 Å². The lowest BCUT2D eigenvalue weighted by Gasteiger charge is -2.29. The average molecular weight is 346 g/mol. The third-order valence-corrected chi connectivity index (χ3v) is 4.02. The van der Waals surface area contributed by atoms with E-state index in [4.69, 9.17) is 11.6 Å². The predicted octanol–water partition coefficient (Wildman–Crippen LogP) is 3.49. The van der Waals surface area contributed by atoms with Gasteiger partial charge in [-0.1, -0.05) is 25.4 Å². The van der Waals surface area contributed by atoms with Crippen molar-refractivity contribution in [3.63, 3.8) is 0 Å². The molecular formula is C14H15ClF3N5. The van der Waals surface area contributed by atoms with E-state index in [2.05, 4.69) is 15.2 Å². The minimum atomic E-state index is -4.45. The Labute approximate surface area is 136 Å². The van der Waals surface area contributed by atoms with Gasteiger partial charge in [-0.25, -0.2) is 4.98 Å². The summed E-state index contributed by atoms with van der Waals surface area (Å²) in [6.45, 7) is 5.73. The van der Waals surface area contributed by atoms with Crippen LogP contribution >= 0.6 is 11.6 Å². The molecule has 0 atom stereocenters. The van der Waals surface area contributed by atoms with Gasteiger partial charge < -0.3 is 9.47 Å². The van der Waals surface area contributed by atoms with E-state index in [0.29, 0.717) is 25.5 Å². The van der Waals surface area contributed by atoms with Gasteiger partial charge >= 0.3 is 6.18 Å². The summed E-state index contributed by atoms with van der Waals surface area (Å²) in [7, 11) is 0. The molecule has 5 nitrogen and oxygen atoms in total. The minimum Gasteiger partial charge on any atom is -0.346 e. The molecule has 0 amide bonds. The molecule has 3 rings (SSSR count). The summed E-state index contributed by atoms with van der Waals surface area (Å²) < 4.78 is 40.1. The van der Waals surface area contributed by atoms with E-state index >= 15 is 0 Å². The van der Waals surface area contributed by atoms with Crippen molar-refractivity contribution in [1.29, 1.82) is 0 Å². The molecular weight excluding hydrogens is 331 g/mol. The summed E-state index contributed by atoms with van der Waals surface area (Å²) in [6.07, 6.45) is -3.65. The highest BCUT2D eigenvalue weighted by molar-refractivity contribution is 6.33. The Balaban J connectivity index is 1.87. The smallest absolute Gasteiger partial charge is 0.346 e. The molecule has 0 aliphatic carbocycles. The van der Waals surface area contributed by atoms with Crippen molar-refractivity contribution in [1.82, 2.24) is 19.7 Å². The second-order valence-corrected chi connectivity index (χ2v) is 6.14. The standard InChI is InChI=1S/C14H15ClF3N5/c1-8(2)12-21-20-11-7-22(3-4-23(11)12)13-10(15)5-9(6-19-13)14(16,17)18/h5-6,8H,3-4,7H2,1-2H3. The molecule has 0 N–H and O–H groups in total. The van der Waals surface area contributed by atoms with Crippen molar-refractivity contribution in [3.05, 3.63) is 34.5 Å². The second-order valence-electron chi connectivity index (χ2n) is 5.73. The van der Waals surface area contributed by atoms with Crippen LogP contribution in [-0.2, 0) is 19.3 Å². The molecule has 3 heterocycles. The summed E-state index contributed by atoms with van der Waals surface area (Å²) in [4.78, 5) is 5.72. The zero-order chi connectivity index (χ0) is 16.8. The summed E-state index contributed by atoms with van der Waals surface area (Å²) in [5.74, 6) is 2.26. The molecule has 23 heavy (non-hydrogen) atoms. The van der Waals surface area contributed by atoms with Crippen molar-refractivity contribution >= 4 is 17.4 Å². The SMILES string of the molecule is CC(C)c1nnc2n1CCN(c1ncc(C(F)(F)F)cc1Cl)C2. The number of anilines is 1. The highest BCUT2D eigenvalue weighted by Gasteiger charge is 2.32. The molecule has 0 unspecified atom stereocenters. The number of nitrogens with zero attached hydrogens (tertiary/aromatic N) is 5. The fourth-order valence-electron chi connectivity index (χ4n) is 2.61. The molecule has 0 saturated carbocycles. The maximum Gasteiger partial charge on any atom is 0.417 e. The number of fused-ring (bicyclic) bond motifs is 1. The minimum absolute atomic E-state index is 0.0168. The molecule has 1 aliphatic heterocycles. The van der Waals surface area contributed by atoms with Crippen LogP contribution in [0.3, 0.4) is 0 Å². The van der Waals surface area contributed by atoms with Gasteiger partial charge in [-0.2, -0.15) is 13.2 Å². The molecule has 9 heteroatoms. The number of halogens is 4. The number of aromatic nitrogens is 4. The number of alkyl halides is 3. The molecule has 2 aromatic rings. The summed E-state index contributed by atoms with van der Waals surface area (Å²) in [5.41, 5.74) is -0.853. The first-order valence-electron chi connectivity index (χ1n) is 7.17. The molecule has 0 radical (unpaired) electrons. The molecule has 0 saturated heterocycles. The summed E-state index contributed by atoms with van der Waals surface area (Å²) in [5, 5.41) is 8.32. The Kier molecular flexibility index (Phi) is 3.95. The topological polar surface area (TPSA) is 46.8 Å². The molecule has 0 aromatic carbocycles. The molecule has 2 aromatic heterocycles. The Bertz CT molecular complexity index is 726. The molecule has 0 fully saturated rings. The first kappa shape index (κ1) is 16.0. The van der Waals surface area contributed by atoms with Gasteiger partial charge in [0, 0.05) is 25.2 Å². The predicted molar refractivity (Wildman–Crippen MR) is 79.4 cm³/mol. The average Bonchev–Trinajstić information content (AvgIpc) is 2.89. The summed E-state index contributed by atoms with van der Waals surface area (Å²) >= 11 is 6.00. The molecule has 0 spiro atoms. The van der Waals surface area contributed by atoms with E-state index < -0.39 is 11.7 Å². The first-order valence-corrected chi connectivity index (χ1v) is 7.55. The van der Waals surface area contributed by atoms with Crippen LogP contribution in [0.2, 0.25) is 5.02 Å². The van der Waals surface area contributed by atoms with Gasteiger partial charge in [0.1, 0.15) is 11.6 Å². The second kappa shape index (κ2) is 5.67. The fourth-order valence-corrected chi connectivity index (χ4v) is 2.89. The maximum absolute atomic E-state index is 12.7. The number of hydrogen-bond donors (Lipinski definition) is 0. The largest absolute Gasteiger partial charge is 0.417 e. The van der Waals surface area contributed by atoms with Crippen LogP contribution in [0.5, 0.6) is 0 Å². The van der Waals surface area contributed by atoms with Gasteiger partial charge in [0.05, 0.1) is 17.1 Å². The van der Waals surface area contributed by atoms with E-state index in [-0.39, 0.29) is 10.9 Å². The lowest BCUT2D eigenvalue weighted by molar-refractivity contribution is -0.137. The summed E-state index contributed by atoms with van der Waals surface area (Å²) in [6, 6.07) is 0.906. The van der Waals surface area contributed by atoms with Crippen LogP contribution < -0.4 is 4.90 Å². The van der Waals surface area contributed by atoms with E-state index in [1.165, 1.54) is 0 Å². The Hall–Kier alpha value is -1.83. The Morgan fingerprint density at radius 3 is 2.57 bits per heavy atom. The zero-order valence-electron chi connectivity index (χ0n) is 12.6. The molecule has 124 valence electrons. The van der Waals surface area contributed by atoms with Crippen LogP contribution in [0.15, 0.2) is 12.3 Å². The van der Waals surface area contributed by atoms with Crippen LogP contribution in [0.25, 0.3) is 0 Å². The van der Waals surface area contributed by atoms with E-state index in [1.54, 1.807) is 0 Å². The maximum atomic E-state index is 12.7. The van der Waals surface area contributed by atoms with E-state index in [1.807, 2.05) is 23.3 Å². The van der Waals surface area contributed by atoms with E-state index in [0.717, 1.165) is 23.9 Å². The number of pyridine rings is 1. The van der Waals surface area contributed by atoms with Gasteiger partial charge in [-0.05, 0) is 6.07 Å². The molecule has 1 aliphatic rings. The van der Waals surface area contributed by atoms with Crippen molar-refractivity contribution < 1.29 is 13.2 Å².